The average Bonchev–Trinajstić information content (AvgIpc) is 2.62. The van der Waals surface area contributed by atoms with Crippen molar-refractivity contribution >= 4 is 11.6 Å². The molecule has 0 saturated carbocycles. The predicted octanol–water partition coefficient (Wildman–Crippen LogP) is 2.44. The van der Waals surface area contributed by atoms with Crippen molar-refractivity contribution in [2.24, 2.45) is 12.5 Å². The van der Waals surface area contributed by atoms with E-state index in [2.05, 4.69) is 31.2 Å². The fourth-order valence-corrected chi connectivity index (χ4v) is 2.49. The number of hydrogen-bond donors (Lipinski definition) is 1. The Balaban J connectivity index is 2.64. The highest BCUT2D eigenvalue weighted by Crippen LogP contribution is 2.28. The number of nitrogens with zero attached hydrogens (tertiary/aromatic N) is 2. The van der Waals surface area contributed by atoms with Crippen LogP contribution in [0.2, 0.25) is 5.02 Å². The molecule has 19 heavy (non-hydrogen) atoms. The Morgan fingerprint density at radius 3 is 2.63 bits per heavy atom. The summed E-state index contributed by atoms with van der Waals surface area (Å²) >= 11 is 6.40. The van der Waals surface area contributed by atoms with Gasteiger partial charge in [0.25, 0.3) is 0 Å². The molecule has 0 aliphatic carbocycles. The van der Waals surface area contributed by atoms with Gasteiger partial charge in [-0.15, -0.1) is 0 Å². The van der Waals surface area contributed by atoms with Crippen molar-refractivity contribution in [1.82, 2.24) is 15.1 Å². The van der Waals surface area contributed by atoms with Gasteiger partial charge in [0.1, 0.15) is 0 Å². The number of rotatable bonds is 8. The fourth-order valence-electron chi connectivity index (χ4n) is 2.13. The van der Waals surface area contributed by atoms with Crippen LogP contribution in [-0.2, 0) is 24.6 Å². The lowest BCUT2D eigenvalue weighted by Gasteiger charge is -2.25. The first-order valence-electron chi connectivity index (χ1n) is 6.81. The van der Waals surface area contributed by atoms with Gasteiger partial charge in [0, 0.05) is 27.2 Å². The van der Waals surface area contributed by atoms with E-state index in [-0.39, 0.29) is 5.41 Å². The second kappa shape index (κ2) is 7.27. The van der Waals surface area contributed by atoms with E-state index in [1.807, 2.05) is 11.7 Å². The number of methoxy groups -OCH3 is 1. The van der Waals surface area contributed by atoms with Crippen LogP contribution in [0.15, 0.2) is 0 Å². The molecule has 110 valence electrons. The predicted molar refractivity (Wildman–Crippen MR) is 79.8 cm³/mol. The van der Waals surface area contributed by atoms with Crippen molar-refractivity contribution < 1.29 is 4.74 Å². The van der Waals surface area contributed by atoms with Crippen molar-refractivity contribution in [3.05, 3.63) is 16.4 Å². The van der Waals surface area contributed by atoms with Gasteiger partial charge in [0.05, 0.1) is 23.0 Å². The fraction of sp³-hybridized carbons (Fsp3) is 0.786. The van der Waals surface area contributed by atoms with Crippen LogP contribution in [0.5, 0.6) is 0 Å². The van der Waals surface area contributed by atoms with E-state index in [0.29, 0.717) is 0 Å². The van der Waals surface area contributed by atoms with E-state index >= 15 is 0 Å². The molecular formula is C14H26ClN3O. The summed E-state index contributed by atoms with van der Waals surface area (Å²) < 4.78 is 6.95. The van der Waals surface area contributed by atoms with Crippen molar-refractivity contribution in [3.8, 4) is 0 Å². The first kappa shape index (κ1) is 16.5. The van der Waals surface area contributed by atoms with Crippen molar-refractivity contribution in [3.63, 3.8) is 0 Å². The molecule has 1 rings (SSSR count). The molecule has 0 fully saturated rings. The molecule has 0 radical (unpaired) electrons. The Kier molecular flexibility index (Phi) is 6.30. The molecule has 0 amide bonds. The second-order valence-electron chi connectivity index (χ2n) is 5.70. The van der Waals surface area contributed by atoms with Crippen molar-refractivity contribution in [2.45, 2.75) is 33.6 Å². The van der Waals surface area contributed by atoms with Crippen LogP contribution in [0.1, 0.15) is 32.2 Å². The molecule has 1 N–H and O–H groups in total. The summed E-state index contributed by atoms with van der Waals surface area (Å²) in [5.41, 5.74) is 2.25. The number of aryl methyl sites for hydroxylation is 2. The quantitative estimate of drug-likeness (QED) is 0.747. The molecule has 0 atom stereocenters. The van der Waals surface area contributed by atoms with Gasteiger partial charge < -0.3 is 10.1 Å². The zero-order valence-electron chi connectivity index (χ0n) is 12.7. The van der Waals surface area contributed by atoms with E-state index in [0.717, 1.165) is 48.9 Å². The SMILES string of the molecule is CCc1nn(C)c(CC(C)(C)CNCCOC)c1Cl. The summed E-state index contributed by atoms with van der Waals surface area (Å²) in [6, 6.07) is 0. The standard InChI is InChI=1S/C14H26ClN3O/c1-6-11-13(15)12(18(4)17-11)9-14(2,3)10-16-7-8-19-5/h16H,6-10H2,1-5H3. The maximum atomic E-state index is 6.40. The Morgan fingerprint density at radius 1 is 1.42 bits per heavy atom. The van der Waals surface area contributed by atoms with Crippen LogP contribution in [-0.4, -0.2) is 36.6 Å². The van der Waals surface area contributed by atoms with Gasteiger partial charge in [-0.1, -0.05) is 32.4 Å². The molecule has 0 saturated heterocycles. The molecule has 0 bridgehead atoms. The van der Waals surface area contributed by atoms with Crippen LogP contribution < -0.4 is 5.32 Å². The minimum Gasteiger partial charge on any atom is -0.383 e. The zero-order chi connectivity index (χ0) is 14.5. The van der Waals surface area contributed by atoms with Crippen LogP contribution in [0.25, 0.3) is 0 Å². The summed E-state index contributed by atoms with van der Waals surface area (Å²) in [5.74, 6) is 0. The molecule has 5 heteroatoms. The van der Waals surface area contributed by atoms with Crippen LogP contribution in [0.3, 0.4) is 0 Å². The third-order valence-corrected chi connectivity index (χ3v) is 3.67. The summed E-state index contributed by atoms with van der Waals surface area (Å²) in [6.45, 7) is 9.10. The van der Waals surface area contributed by atoms with Crippen molar-refractivity contribution in [1.29, 1.82) is 0 Å². The Bertz CT molecular complexity index is 402. The summed E-state index contributed by atoms with van der Waals surface area (Å²) in [7, 11) is 3.68. The molecule has 0 aromatic carbocycles. The molecule has 1 aromatic heterocycles. The van der Waals surface area contributed by atoms with E-state index in [9.17, 15) is 0 Å². The lowest BCUT2D eigenvalue weighted by Crippen LogP contribution is -2.33. The monoisotopic (exact) mass is 287 g/mol. The molecular weight excluding hydrogens is 262 g/mol. The topological polar surface area (TPSA) is 39.1 Å². The Morgan fingerprint density at radius 2 is 2.11 bits per heavy atom. The second-order valence-corrected chi connectivity index (χ2v) is 6.07. The lowest BCUT2D eigenvalue weighted by atomic mass is 9.87. The molecule has 4 nitrogen and oxygen atoms in total. The van der Waals surface area contributed by atoms with Crippen LogP contribution in [0.4, 0.5) is 0 Å². The highest BCUT2D eigenvalue weighted by molar-refractivity contribution is 6.31. The lowest BCUT2D eigenvalue weighted by molar-refractivity contribution is 0.193. The minimum absolute atomic E-state index is 0.135. The summed E-state index contributed by atoms with van der Waals surface area (Å²) in [4.78, 5) is 0. The molecule has 0 aliphatic heterocycles. The third kappa shape index (κ3) is 4.79. The highest BCUT2D eigenvalue weighted by Gasteiger charge is 2.23. The van der Waals surface area contributed by atoms with E-state index < -0.39 is 0 Å². The number of aromatic nitrogens is 2. The van der Waals surface area contributed by atoms with Gasteiger partial charge in [-0.3, -0.25) is 4.68 Å². The van der Waals surface area contributed by atoms with Gasteiger partial charge in [-0.05, 0) is 18.3 Å². The van der Waals surface area contributed by atoms with E-state index in [1.54, 1.807) is 7.11 Å². The Hall–Kier alpha value is -0.580. The number of halogens is 1. The molecule has 1 heterocycles. The van der Waals surface area contributed by atoms with Crippen LogP contribution >= 0.6 is 11.6 Å². The van der Waals surface area contributed by atoms with Crippen molar-refractivity contribution in [2.75, 3.05) is 26.8 Å². The maximum absolute atomic E-state index is 6.40. The van der Waals surface area contributed by atoms with Gasteiger partial charge in [-0.2, -0.15) is 5.10 Å². The molecule has 0 aliphatic rings. The Labute approximate surface area is 121 Å². The highest BCUT2D eigenvalue weighted by atomic mass is 35.5. The number of hydrogen-bond acceptors (Lipinski definition) is 3. The average molecular weight is 288 g/mol. The molecule has 1 aromatic rings. The summed E-state index contributed by atoms with van der Waals surface area (Å²) in [5, 5.41) is 8.70. The largest absolute Gasteiger partial charge is 0.383 e. The zero-order valence-corrected chi connectivity index (χ0v) is 13.5. The normalized spacial score (nSPS) is 12.1. The third-order valence-electron chi connectivity index (χ3n) is 3.24. The molecule has 0 spiro atoms. The van der Waals surface area contributed by atoms with Crippen LogP contribution in [0, 0.1) is 5.41 Å². The first-order chi connectivity index (χ1) is 8.91. The molecule has 0 unspecified atom stereocenters. The van der Waals surface area contributed by atoms with E-state index in [4.69, 9.17) is 16.3 Å². The van der Waals surface area contributed by atoms with E-state index in [1.165, 1.54) is 0 Å². The van der Waals surface area contributed by atoms with Gasteiger partial charge in [0.2, 0.25) is 0 Å². The van der Waals surface area contributed by atoms with Gasteiger partial charge in [0.15, 0.2) is 0 Å². The van der Waals surface area contributed by atoms with Gasteiger partial charge in [-0.25, -0.2) is 0 Å². The summed E-state index contributed by atoms with van der Waals surface area (Å²) in [6.07, 6.45) is 1.79. The minimum atomic E-state index is 0.135. The first-order valence-corrected chi connectivity index (χ1v) is 7.19. The number of ether oxygens (including phenoxy) is 1. The van der Waals surface area contributed by atoms with Gasteiger partial charge >= 0.3 is 0 Å². The smallest absolute Gasteiger partial charge is 0.0849 e. The number of nitrogens with one attached hydrogen (secondary N) is 1. The maximum Gasteiger partial charge on any atom is 0.0849 e.